The maximum atomic E-state index is 10.4. The lowest BCUT2D eigenvalue weighted by atomic mass is 10.5. The van der Waals surface area contributed by atoms with Gasteiger partial charge in [0, 0.05) is 0 Å². The van der Waals surface area contributed by atoms with Crippen molar-refractivity contribution in [1.82, 2.24) is 10.3 Å². The number of hydrogen-bond donors (Lipinski definition) is 3. The Labute approximate surface area is 46.6 Å². The summed E-state index contributed by atoms with van der Waals surface area (Å²) in [7, 11) is 0. The van der Waals surface area contributed by atoms with Gasteiger partial charge in [-0.3, -0.25) is 0 Å². The average Bonchev–Trinajstić information content (AvgIpc) is 1.98. The van der Waals surface area contributed by atoms with Gasteiger partial charge in [0.1, 0.15) is 6.17 Å². The molecule has 0 aromatic rings. The van der Waals surface area contributed by atoms with Crippen LogP contribution in [0, 0.1) is 0 Å². The zero-order valence-corrected chi connectivity index (χ0v) is 4.29. The third-order valence-corrected chi connectivity index (χ3v) is 1.05. The lowest BCUT2D eigenvalue weighted by Gasteiger charge is -2.10. The first-order chi connectivity index (χ1) is 3.72. The van der Waals surface area contributed by atoms with Crippen molar-refractivity contribution in [3.8, 4) is 0 Å². The monoisotopic (exact) mass is 116 g/mol. The summed E-state index contributed by atoms with van der Waals surface area (Å²) in [5, 5.41) is 3.43. The molecule has 0 bridgehead atoms. The van der Waals surface area contributed by atoms with Crippen LogP contribution in [0.1, 0.15) is 0 Å². The molecule has 2 amide bonds. The standard InChI is InChI=1S/C3H8N4O/c4-2-1-6-3(8)7(2)5/h2H,1,4-5H2,(H,6,8). The van der Waals surface area contributed by atoms with Crippen LogP contribution in [0.15, 0.2) is 0 Å². The van der Waals surface area contributed by atoms with E-state index in [2.05, 4.69) is 5.32 Å². The summed E-state index contributed by atoms with van der Waals surface area (Å²) < 4.78 is 0. The molecule has 46 valence electrons. The molecule has 8 heavy (non-hydrogen) atoms. The zero-order valence-electron chi connectivity index (χ0n) is 4.29. The first-order valence-corrected chi connectivity index (χ1v) is 2.29. The maximum Gasteiger partial charge on any atom is 0.333 e. The summed E-state index contributed by atoms with van der Waals surface area (Å²) in [5.41, 5.74) is 5.29. The van der Waals surface area contributed by atoms with Crippen molar-refractivity contribution in [2.75, 3.05) is 6.54 Å². The molecular formula is C3H8N4O. The van der Waals surface area contributed by atoms with Crippen LogP contribution in [-0.4, -0.2) is 23.8 Å². The summed E-state index contributed by atoms with van der Waals surface area (Å²) >= 11 is 0. The van der Waals surface area contributed by atoms with Crippen LogP contribution < -0.4 is 16.9 Å². The highest BCUT2D eigenvalue weighted by atomic mass is 16.2. The molecule has 1 rings (SSSR count). The molecule has 0 radical (unpaired) electrons. The van der Waals surface area contributed by atoms with Gasteiger partial charge >= 0.3 is 6.03 Å². The molecule has 1 aliphatic heterocycles. The number of amides is 2. The molecule has 0 aliphatic carbocycles. The van der Waals surface area contributed by atoms with Gasteiger partial charge in [-0.2, -0.15) is 0 Å². The molecule has 5 N–H and O–H groups in total. The number of carbonyl (C=O) groups excluding carboxylic acids is 1. The fourth-order valence-corrected chi connectivity index (χ4v) is 0.532. The van der Waals surface area contributed by atoms with Crippen LogP contribution >= 0.6 is 0 Å². The Morgan fingerprint density at radius 3 is 2.62 bits per heavy atom. The van der Waals surface area contributed by atoms with E-state index in [1.165, 1.54) is 0 Å². The van der Waals surface area contributed by atoms with E-state index in [9.17, 15) is 4.79 Å². The average molecular weight is 116 g/mol. The van der Waals surface area contributed by atoms with Crippen molar-refractivity contribution >= 4 is 6.03 Å². The van der Waals surface area contributed by atoms with E-state index in [1.54, 1.807) is 0 Å². The fourth-order valence-electron chi connectivity index (χ4n) is 0.532. The number of carbonyl (C=O) groups is 1. The molecule has 1 unspecified atom stereocenters. The molecule has 1 atom stereocenters. The van der Waals surface area contributed by atoms with E-state index < -0.39 is 0 Å². The molecule has 1 saturated heterocycles. The van der Waals surface area contributed by atoms with Crippen molar-refractivity contribution in [2.24, 2.45) is 11.6 Å². The van der Waals surface area contributed by atoms with Crippen LogP contribution in [-0.2, 0) is 0 Å². The maximum absolute atomic E-state index is 10.4. The van der Waals surface area contributed by atoms with Crippen molar-refractivity contribution in [1.29, 1.82) is 0 Å². The normalized spacial score (nSPS) is 28.5. The minimum absolute atomic E-state index is 0.308. The van der Waals surface area contributed by atoms with Crippen LogP contribution in [0.4, 0.5) is 4.79 Å². The van der Waals surface area contributed by atoms with Gasteiger partial charge in [0.15, 0.2) is 0 Å². The highest BCUT2D eigenvalue weighted by molar-refractivity contribution is 5.75. The van der Waals surface area contributed by atoms with E-state index in [0.29, 0.717) is 6.54 Å². The lowest BCUT2D eigenvalue weighted by Crippen LogP contribution is -2.45. The number of hydrazine groups is 1. The van der Waals surface area contributed by atoms with Crippen molar-refractivity contribution in [3.05, 3.63) is 0 Å². The van der Waals surface area contributed by atoms with Gasteiger partial charge in [0.25, 0.3) is 0 Å². The van der Waals surface area contributed by atoms with Gasteiger partial charge in [0.05, 0.1) is 6.54 Å². The van der Waals surface area contributed by atoms with Gasteiger partial charge in [-0.25, -0.2) is 15.6 Å². The first-order valence-electron chi connectivity index (χ1n) is 2.29. The summed E-state index contributed by atoms with van der Waals surface area (Å²) in [6.45, 7) is 0.440. The van der Waals surface area contributed by atoms with Gasteiger partial charge in [-0.05, 0) is 0 Å². The minimum Gasteiger partial charge on any atom is -0.333 e. The third-order valence-electron chi connectivity index (χ3n) is 1.05. The van der Waals surface area contributed by atoms with E-state index in [1.807, 2.05) is 0 Å². The van der Waals surface area contributed by atoms with E-state index in [0.717, 1.165) is 5.01 Å². The van der Waals surface area contributed by atoms with Gasteiger partial charge in [-0.15, -0.1) is 0 Å². The Hall–Kier alpha value is -0.810. The molecule has 0 aromatic carbocycles. The van der Waals surface area contributed by atoms with E-state index in [4.69, 9.17) is 11.6 Å². The number of hydrogen-bond acceptors (Lipinski definition) is 3. The largest absolute Gasteiger partial charge is 0.333 e. The molecule has 0 spiro atoms. The second kappa shape index (κ2) is 1.61. The summed E-state index contributed by atoms with van der Waals surface area (Å²) in [4.78, 5) is 10.4. The lowest BCUT2D eigenvalue weighted by molar-refractivity contribution is 0.206. The molecule has 1 fully saturated rings. The number of urea groups is 1. The number of nitrogens with two attached hydrogens (primary N) is 2. The molecule has 1 aliphatic rings. The molecular weight excluding hydrogens is 108 g/mol. The number of nitrogens with zero attached hydrogens (tertiary/aromatic N) is 1. The summed E-state index contributed by atoms with van der Waals surface area (Å²) in [6.07, 6.45) is -0.359. The van der Waals surface area contributed by atoms with Crippen LogP contribution in [0.3, 0.4) is 0 Å². The molecule has 0 aromatic heterocycles. The smallest absolute Gasteiger partial charge is 0.333 e. The Kier molecular flexibility index (Phi) is 1.07. The fraction of sp³-hybridized carbons (Fsp3) is 0.667. The van der Waals surface area contributed by atoms with Crippen molar-refractivity contribution in [2.45, 2.75) is 6.17 Å². The molecule has 5 nitrogen and oxygen atoms in total. The van der Waals surface area contributed by atoms with Crippen molar-refractivity contribution < 1.29 is 4.79 Å². The zero-order chi connectivity index (χ0) is 6.15. The van der Waals surface area contributed by atoms with Gasteiger partial charge < -0.3 is 11.1 Å². The molecule has 1 heterocycles. The second-order valence-electron chi connectivity index (χ2n) is 1.66. The predicted molar refractivity (Wildman–Crippen MR) is 27.4 cm³/mol. The third kappa shape index (κ3) is 0.613. The Bertz CT molecular complexity index is 114. The number of nitrogens with one attached hydrogen (secondary N) is 1. The second-order valence-corrected chi connectivity index (χ2v) is 1.66. The Morgan fingerprint density at radius 1 is 1.88 bits per heavy atom. The predicted octanol–water partition coefficient (Wildman–Crippen LogP) is -1.83. The first kappa shape index (κ1) is 5.33. The Balaban J connectivity index is 2.56. The van der Waals surface area contributed by atoms with Crippen LogP contribution in [0.25, 0.3) is 0 Å². The highest BCUT2D eigenvalue weighted by Gasteiger charge is 2.23. The molecule has 0 saturated carbocycles. The van der Waals surface area contributed by atoms with E-state index in [-0.39, 0.29) is 12.2 Å². The van der Waals surface area contributed by atoms with Crippen LogP contribution in [0.2, 0.25) is 0 Å². The SMILES string of the molecule is NC1CNC(=O)N1N. The topological polar surface area (TPSA) is 84.4 Å². The van der Waals surface area contributed by atoms with Gasteiger partial charge in [-0.1, -0.05) is 0 Å². The van der Waals surface area contributed by atoms with Crippen molar-refractivity contribution in [3.63, 3.8) is 0 Å². The highest BCUT2D eigenvalue weighted by Crippen LogP contribution is 1.91. The number of rotatable bonds is 0. The van der Waals surface area contributed by atoms with Gasteiger partial charge in [0.2, 0.25) is 0 Å². The molecule has 5 heteroatoms. The van der Waals surface area contributed by atoms with Crippen LogP contribution in [0.5, 0.6) is 0 Å². The minimum atomic E-state index is -0.359. The quantitative estimate of drug-likeness (QED) is 0.257. The summed E-state index contributed by atoms with van der Waals surface area (Å²) in [5.74, 6) is 5.12. The summed E-state index contributed by atoms with van der Waals surface area (Å²) in [6, 6.07) is -0.308. The van der Waals surface area contributed by atoms with E-state index >= 15 is 0 Å². The Morgan fingerprint density at radius 2 is 2.50 bits per heavy atom.